The Morgan fingerprint density at radius 3 is 2.82 bits per heavy atom. The van der Waals surface area contributed by atoms with Crippen molar-refractivity contribution in [1.82, 2.24) is 14.9 Å². The Kier molecular flexibility index (Phi) is 7.56. The van der Waals surface area contributed by atoms with Crippen molar-refractivity contribution in [2.24, 2.45) is 5.92 Å². The number of hydrogen-bond acceptors (Lipinski definition) is 8. The van der Waals surface area contributed by atoms with Gasteiger partial charge in [-0.2, -0.15) is 9.97 Å². The van der Waals surface area contributed by atoms with Gasteiger partial charge in [0.2, 0.25) is 0 Å². The van der Waals surface area contributed by atoms with Crippen LogP contribution in [0.25, 0.3) is 10.8 Å². The second kappa shape index (κ2) is 11.4. The molecule has 1 amide bonds. The number of ether oxygens (including phenoxy) is 1. The van der Waals surface area contributed by atoms with Crippen LogP contribution in [-0.2, 0) is 13.0 Å². The molecule has 0 spiro atoms. The van der Waals surface area contributed by atoms with Crippen LogP contribution >= 0.6 is 0 Å². The highest BCUT2D eigenvalue weighted by molar-refractivity contribution is 6.16. The maximum atomic E-state index is 15.0. The van der Waals surface area contributed by atoms with Gasteiger partial charge in [-0.25, -0.2) is 8.78 Å². The van der Waals surface area contributed by atoms with E-state index in [4.69, 9.17) is 14.7 Å². The van der Waals surface area contributed by atoms with Gasteiger partial charge in [0.15, 0.2) is 0 Å². The fourth-order valence-corrected chi connectivity index (χ4v) is 7.90. The summed E-state index contributed by atoms with van der Waals surface area (Å²) in [6, 6.07) is 6.22. The van der Waals surface area contributed by atoms with Gasteiger partial charge in [0.1, 0.15) is 35.7 Å². The van der Waals surface area contributed by atoms with E-state index in [9.17, 15) is 23.8 Å². The van der Waals surface area contributed by atoms with Gasteiger partial charge >= 0.3 is 6.01 Å². The summed E-state index contributed by atoms with van der Waals surface area (Å²) < 4.78 is 35.7. The highest BCUT2D eigenvalue weighted by Crippen LogP contribution is 2.43. The summed E-state index contributed by atoms with van der Waals surface area (Å²) in [5.74, 6) is -0.228. The van der Waals surface area contributed by atoms with Crippen molar-refractivity contribution >= 4 is 28.2 Å². The van der Waals surface area contributed by atoms with Gasteiger partial charge in [0, 0.05) is 44.1 Å². The first-order valence-electron chi connectivity index (χ1n) is 15.8. The number of aliphatic hydroxyl groups is 1. The number of aryl methyl sites for hydroxylation is 1. The minimum Gasteiger partial charge on any atom is -0.508 e. The Bertz CT molecular complexity index is 1600. The molecule has 2 aromatic carbocycles. The third-order valence-electron chi connectivity index (χ3n) is 10.0. The van der Waals surface area contributed by atoms with E-state index in [0.29, 0.717) is 71.6 Å². The van der Waals surface area contributed by atoms with Gasteiger partial charge in [-0.05, 0) is 67.6 Å². The zero-order chi connectivity index (χ0) is 30.6. The van der Waals surface area contributed by atoms with Crippen LogP contribution < -0.4 is 14.5 Å². The third kappa shape index (κ3) is 4.94. The van der Waals surface area contributed by atoms with Crippen molar-refractivity contribution in [3.8, 4) is 11.8 Å². The monoisotopic (exact) mass is 607 g/mol. The number of phenolic OH excluding ortho intramolecular Hbond substituents is 1. The smallest absolute Gasteiger partial charge is 0.318 e. The van der Waals surface area contributed by atoms with Gasteiger partial charge in [0.25, 0.3) is 5.91 Å². The molecule has 5 heterocycles. The molecule has 3 aromatic rings. The minimum absolute atomic E-state index is 0.0262. The van der Waals surface area contributed by atoms with Crippen molar-refractivity contribution in [2.75, 3.05) is 49.2 Å². The van der Waals surface area contributed by atoms with E-state index in [0.717, 1.165) is 38.6 Å². The summed E-state index contributed by atoms with van der Waals surface area (Å²) in [5.41, 5.74) is 1.35. The number of aromatic nitrogens is 2. The molecule has 3 saturated heterocycles. The molecule has 44 heavy (non-hydrogen) atoms. The number of aromatic hydroxyl groups is 1. The topological polar surface area (TPSA) is 102 Å². The number of hydrogen-bond donors (Lipinski definition) is 2. The summed E-state index contributed by atoms with van der Waals surface area (Å²) in [6.07, 6.45) is 4.51. The van der Waals surface area contributed by atoms with Gasteiger partial charge in [-0.1, -0.05) is 19.4 Å². The second-order valence-corrected chi connectivity index (χ2v) is 12.8. The first-order chi connectivity index (χ1) is 21.3. The highest BCUT2D eigenvalue weighted by Gasteiger charge is 2.49. The number of phenols is 1. The number of carbonyl (C=O) groups excluding carboxylic acids is 1. The number of halogens is 2. The zero-order valence-corrected chi connectivity index (χ0v) is 25.1. The molecule has 0 bridgehead atoms. The zero-order valence-electron chi connectivity index (χ0n) is 25.1. The standard InChI is InChI=1S/C33H39F2N5O4/c1-2-24-25(35)8-7-21-12-23(42)13-27(28(21)24)40-17-26-29(31(40)43)30(38-10-4-3-6-20(15-38)18-41)37-32(36-26)44-19-33-9-5-11-39(33)16-22(34)14-33/h7-8,12-13,20,22,41-42H,2-6,9-11,14-19H2,1H3/t20?,22-,33+/m1/s1. The molecule has 4 aliphatic heterocycles. The summed E-state index contributed by atoms with van der Waals surface area (Å²) in [5, 5.41) is 21.9. The van der Waals surface area contributed by atoms with Gasteiger partial charge in [-0.3, -0.25) is 9.69 Å². The second-order valence-electron chi connectivity index (χ2n) is 12.8. The lowest BCUT2D eigenvalue weighted by Gasteiger charge is -2.31. The SMILES string of the molecule is CCc1c(F)ccc2cc(O)cc(N3Cc4nc(OC[C@@]56CCCN5C[C@H](F)C6)nc(N5CCCCC(CO)C5)c4C3=O)c12. The largest absolute Gasteiger partial charge is 0.508 e. The molecule has 7 rings (SSSR count). The molecule has 0 saturated carbocycles. The maximum absolute atomic E-state index is 15.0. The molecule has 0 radical (unpaired) electrons. The van der Waals surface area contributed by atoms with Gasteiger partial charge < -0.3 is 24.7 Å². The minimum atomic E-state index is -0.885. The summed E-state index contributed by atoms with van der Waals surface area (Å²) in [6.45, 7) is 4.71. The van der Waals surface area contributed by atoms with Gasteiger partial charge in [0.05, 0.1) is 23.5 Å². The van der Waals surface area contributed by atoms with Crippen molar-refractivity contribution in [2.45, 2.75) is 70.1 Å². The van der Waals surface area contributed by atoms with Crippen LogP contribution in [0, 0.1) is 11.7 Å². The van der Waals surface area contributed by atoms with Crippen molar-refractivity contribution < 1.29 is 28.5 Å². The van der Waals surface area contributed by atoms with Crippen LogP contribution in [0.3, 0.4) is 0 Å². The van der Waals surface area contributed by atoms with E-state index >= 15 is 0 Å². The first-order valence-corrected chi connectivity index (χ1v) is 15.8. The Morgan fingerprint density at radius 1 is 1.14 bits per heavy atom. The van der Waals surface area contributed by atoms with E-state index in [1.54, 1.807) is 12.1 Å². The van der Waals surface area contributed by atoms with Crippen LogP contribution in [0.1, 0.15) is 67.1 Å². The molecule has 1 unspecified atom stereocenters. The Balaban J connectivity index is 1.30. The number of amides is 1. The maximum Gasteiger partial charge on any atom is 0.318 e. The highest BCUT2D eigenvalue weighted by atomic mass is 19.1. The van der Waals surface area contributed by atoms with Gasteiger partial charge in [-0.15, -0.1) is 0 Å². The Morgan fingerprint density at radius 2 is 2.00 bits per heavy atom. The molecule has 4 aliphatic rings. The fraction of sp³-hybridized carbons (Fsp3) is 0.545. The molecule has 3 fully saturated rings. The quantitative estimate of drug-likeness (QED) is 0.397. The lowest BCUT2D eigenvalue weighted by Crippen LogP contribution is -2.43. The van der Waals surface area contributed by atoms with Crippen LogP contribution in [0.15, 0.2) is 24.3 Å². The summed E-state index contributed by atoms with van der Waals surface area (Å²) in [7, 11) is 0. The van der Waals surface area contributed by atoms with E-state index in [-0.39, 0.29) is 54.7 Å². The molecule has 9 nitrogen and oxygen atoms in total. The van der Waals surface area contributed by atoms with Crippen LogP contribution in [0.5, 0.6) is 11.8 Å². The Labute approximate surface area is 255 Å². The molecule has 0 aliphatic carbocycles. The van der Waals surface area contributed by atoms with Crippen LogP contribution in [0.4, 0.5) is 20.3 Å². The molecule has 1 aromatic heterocycles. The lowest BCUT2D eigenvalue weighted by atomic mass is 9.95. The van der Waals surface area contributed by atoms with Crippen molar-refractivity contribution in [3.05, 3.63) is 46.9 Å². The van der Waals surface area contributed by atoms with Crippen LogP contribution in [-0.4, -0.2) is 82.1 Å². The third-order valence-corrected chi connectivity index (χ3v) is 10.0. The predicted molar refractivity (Wildman–Crippen MR) is 163 cm³/mol. The average Bonchev–Trinajstić information content (AvgIpc) is 3.57. The summed E-state index contributed by atoms with van der Waals surface area (Å²) >= 11 is 0. The average molecular weight is 608 g/mol. The van der Waals surface area contributed by atoms with Crippen molar-refractivity contribution in [3.63, 3.8) is 0 Å². The molecular formula is C33H39F2N5O4. The Hall–Kier alpha value is -3.57. The van der Waals surface area contributed by atoms with Crippen molar-refractivity contribution in [1.29, 1.82) is 0 Å². The normalized spacial score (nSPS) is 25.5. The number of benzene rings is 2. The summed E-state index contributed by atoms with van der Waals surface area (Å²) in [4.78, 5) is 29.6. The van der Waals surface area contributed by atoms with Crippen LogP contribution in [0.2, 0.25) is 0 Å². The molecule has 2 N–H and O–H groups in total. The van der Waals surface area contributed by atoms with E-state index in [2.05, 4.69) is 4.90 Å². The predicted octanol–water partition coefficient (Wildman–Crippen LogP) is 4.75. The number of aliphatic hydroxyl groups excluding tert-OH is 1. The molecule has 11 heteroatoms. The number of alkyl halides is 1. The number of rotatable bonds is 7. The van der Waals surface area contributed by atoms with E-state index < -0.39 is 6.17 Å². The van der Waals surface area contributed by atoms with E-state index in [1.807, 2.05) is 11.8 Å². The lowest BCUT2D eigenvalue weighted by molar-refractivity contribution is 0.0996. The number of anilines is 2. The number of carbonyl (C=O) groups is 1. The molecule has 3 atom stereocenters. The molecule has 234 valence electrons. The number of fused-ring (bicyclic) bond motifs is 3. The number of nitrogens with zero attached hydrogens (tertiary/aromatic N) is 5. The first kappa shape index (κ1) is 29.2. The fourth-order valence-electron chi connectivity index (χ4n) is 7.90. The van der Waals surface area contributed by atoms with E-state index in [1.165, 1.54) is 17.0 Å². The molecular weight excluding hydrogens is 568 g/mol.